The molecule has 0 radical (unpaired) electrons. The third-order valence-electron chi connectivity index (χ3n) is 3.43. The van der Waals surface area contributed by atoms with E-state index in [0.29, 0.717) is 6.61 Å². The number of carbonyl (C=O) groups excluding carboxylic acids is 1. The second-order valence-electron chi connectivity index (χ2n) is 5.68. The van der Waals surface area contributed by atoms with Gasteiger partial charge in [-0.05, 0) is 31.0 Å². The zero-order valence-electron chi connectivity index (χ0n) is 11.7. The van der Waals surface area contributed by atoms with E-state index in [1.807, 2.05) is 18.2 Å². The van der Waals surface area contributed by atoms with Gasteiger partial charge >= 0.3 is 5.97 Å². The summed E-state index contributed by atoms with van der Waals surface area (Å²) in [5, 5.41) is 11.7. The minimum absolute atomic E-state index is 0.120. The summed E-state index contributed by atoms with van der Waals surface area (Å²) in [7, 11) is 0. The Labute approximate surface area is 117 Å². The third kappa shape index (κ3) is 3.29. The van der Waals surface area contributed by atoms with Crippen molar-refractivity contribution in [1.82, 2.24) is 5.32 Å². The van der Waals surface area contributed by atoms with Gasteiger partial charge in [0.2, 0.25) is 5.91 Å². The van der Waals surface area contributed by atoms with Gasteiger partial charge in [0.05, 0.1) is 18.4 Å². The van der Waals surface area contributed by atoms with Crippen molar-refractivity contribution in [1.29, 1.82) is 0 Å². The van der Waals surface area contributed by atoms with Crippen LogP contribution in [0.4, 0.5) is 0 Å². The van der Waals surface area contributed by atoms with Gasteiger partial charge in [0, 0.05) is 13.0 Å². The first kappa shape index (κ1) is 14.4. The zero-order chi connectivity index (χ0) is 14.8. The van der Waals surface area contributed by atoms with Crippen molar-refractivity contribution >= 4 is 11.9 Å². The van der Waals surface area contributed by atoms with Crippen LogP contribution in [0.2, 0.25) is 0 Å². The van der Waals surface area contributed by atoms with Gasteiger partial charge in [-0.2, -0.15) is 0 Å². The highest BCUT2D eigenvalue weighted by Crippen LogP contribution is 2.26. The van der Waals surface area contributed by atoms with Crippen molar-refractivity contribution in [2.45, 2.75) is 26.7 Å². The number of carboxylic acids is 1. The Morgan fingerprint density at radius 2 is 2.15 bits per heavy atom. The first-order valence-corrected chi connectivity index (χ1v) is 6.63. The number of amides is 1. The van der Waals surface area contributed by atoms with Crippen LogP contribution in [-0.2, 0) is 22.4 Å². The second kappa shape index (κ2) is 5.53. The van der Waals surface area contributed by atoms with Crippen LogP contribution in [0.1, 0.15) is 25.0 Å². The Bertz CT molecular complexity index is 537. The van der Waals surface area contributed by atoms with Gasteiger partial charge in [0.15, 0.2) is 0 Å². The van der Waals surface area contributed by atoms with Crippen LogP contribution in [0.3, 0.4) is 0 Å². The van der Waals surface area contributed by atoms with E-state index in [4.69, 9.17) is 9.84 Å². The monoisotopic (exact) mass is 277 g/mol. The molecule has 5 heteroatoms. The normalized spacial score (nSPS) is 13.5. The molecule has 0 bridgehead atoms. The molecule has 1 aromatic carbocycles. The molecule has 20 heavy (non-hydrogen) atoms. The fraction of sp³-hybridized carbons (Fsp3) is 0.467. The molecular weight excluding hydrogens is 258 g/mol. The zero-order valence-corrected chi connectivity index (χ0v) is 11.7. The minimum atomic E-state index is -0.957. The van der Waals surface area contributed by atoms with Crippen molar-refractivity contribution < 1.29 is 19.4 Å². The standard InChI is InChI=1S/C15H19NO4/c1-15(2,14(18)19)9-16-13(17)8-10-3-4-12-11(7-10)5-6-20-12/h3-4,7H,5-6,8-9H2,1-2H3,(H,16,17)(H,18,19). The maximum absolute atomic E-state index is 11.8. The Morgan fingerprint density at radius 3 is 2.85 bits per heavy atom. The maximum Gasteiger partial charge on any atom is 0.310 e. The molecule has 1 aromatic rings. The number of rotatable bonds is 5. The molecule has 1 heterocycles. The number of hydrogen-bond donors (Lipinski definition) is 2. The molecule has 0 atom stereocenters. The summed E-state index contributed by atoms with van der Waals surface area (Å²) in [5.41, 5.74) is 1.09. The van der Waals surface area contributed by atoms with E-state index >= 15 is 0 Å². The Balaban J connectivity index is 1.90. The highest BCUT2D eigenvalue weighted by Gasteiger charge is 2.27. The first-order chi connectivity index (χ1) is 9.38. The lowest BCUT2D eigenvalue weighted by Crippen LogP contribution is -2.39. The Kier molecular flexibility index (Phi) is 3.97. The molecule has 0 aromatic heterocycles. The molecule has 0 saturated carbocycles. The highest BCUT2D eigenvalue weighted by atomic mass is 16.5. The van der Waals surface area contributed by atoms with E-state index in [2.05, 4.69) is 5.32 Å². The summed E-state index contributed by atoms with van der Waals surface area (Å²) in [5.74, 6) is -0.202. The first-order valence-electron chi connectivity index (χ1n) is 6.63. The van der Waals surface area contributed by atoms with Gasteiger partial charge in [-0.15, -0.1) is 0 Å². The fourth-order valence-electron chi connectivity index (χ4n) is 1.99. The van der Waals surface area contributed by atoms with Gasteiger partial charge in [-0.25, -0.2) is 0 Å². The van der Waals surface area contributed by atoms with Crippen LogP contribution >= 0.6 is 0 Å². The quantitative estimate of drug-likeness (QED) is 0.853. The van der Waals surface area contributed by atoms with Gasteiger partial charge in [-0.1, -0.05) is 12.1 Å². The lowest BCUT2D eigenvalue weighted by molar-refractivity contribution is -0.146. The molecule has 2 N–H and O–H groups in total. The van der Waals surface area contributed by atoms with E-state index in [9.17, 15) is 9.59 Å². The number of nitrogens with one attached hydrogen (secondary N) is 1. The fourth-order valence-corrected chi connectivity index (χ4v) is 1.99. The Morgan fingerprint density at radius 1 is 1.40 bits per heavy atom. The summed E-state index contributed by atoms with van der Waals surface area (Å²) in [6, 6.07) is 5.72. The molecule has 0 aliphatic carbocycles. The number of hydrogen-bond acceptors (Lipinski definition) is 3. The summed E-state index contributed by atoms with van der Waals surface area (Å²) in [4.78, 5) is 22.8. The smallest absolute Gasteiger partial charge is 0.310 e. The van der Waals surface area contributed by atoms with Crippen molar-refractivity contribution in [3.8, 4) is 5.75 Å². The summed E-state index contributed by atoms with van der Waals surface area (Å²) in [6.45, 7) is 3.98. The van der Waals surface area contributed by atoms with Crippen LogP contribution in [0.25, 0.3) is 0 Å². The average molecular weight is 277 g/mol. The van der Waals surface area contributed by atoms with E-state index in [0.717, 1.165) is 23.3 Å². The number of aliphatic carboxylic acids is 1. The molecule has 5 nitrogen and oxygen atoms in total. The van der Waals surface area contributed by atoms with E-state index in [-0.39, 0.29) is 18.9 Å². The molecule has 2 rings (SSSR count). The number of benzene rings is 1. The molecular formula is C15H19NO4. The number of ether oxygens (including phenoxy) is 1. The minimum Gasteiger partial charge on any atom is -0.493 e. The van der Waals surface area contributed by atoms with Crippen LogP contribution in [0.5, 0.6) is 5.75 Å². The molecule has 0 unspecified atom stereocenters. The maximum atomic E-state index is 11.8. The van der Waals surface area contributed by atoms with Gasteiger partial charge in [0.25, 0.3) is 0 Å². The molecule has 0 fully saturated rings. The number of carboxylic acid groups (broad SMARTS) is 1. The second-order valence-corrected chi connectivity index (χ2v) is 5.68. The molecule has 108 valence electrons. The predicted octanol–water partition coefficient (Wildman–Crippen LogP) is 1.39. The number of carbonyl (C=O) groups is 2. The van der Waals surface area contributed by atoms with E-state index in [1.165, 1.54) is 0 Å². The Hall–Kier alpha value is -2.04. The molecule has 1 amide bonds. The van der Waals surface area contributed by atoms with Crippen LogP contribution in [0.15, 0.2) is 18.2 Å². The van der Waals surface area contributed by atoms with Gasteiger partial charge in [0.1, 0.15) is 5.75 Å². The van der Waals surface area contributed by atoms with Crippen molar-refractivity contribution in [2.75, 3.05) is 13.2 Å². The lowest BCUT2D eigenvalue weighted by atomic mass is 9.94. The highest BCUT2D eigenvalue weighted by molar-refractivity contribution is 5.80. The van der Waals surface area contributed by atoms with Crippen LogP contribution in [-0.4, -0.2) is 30.1 Å². The van der Waals surface area contributed by atoms with Crippen molar-refractivity contribution in [2.24, 2.45) is 5.41 Å². The predicted molar refractivity (Wildman–Crippen MR) is 73.8 cm³/mol. The molecule has 1 aliphatic rings. The van der Waals surface area contributed by atoms with Crippen molar-refractivity contribution in [3.63, 3.8) is 0 Å². The summed E-state index contributed by atoms with van der Waals surface area (Å²) < 4.78 is 5.41. The van der Waals surface area contributed by atoms with Gasteiger partial charge < -0.3 is 15.2 Å². The third-order valence-corrected chi connectivity index (χ3v) is 3.43. The molecule has 0 saturated heterocycles. The van der Waals surface area contributed by atoms with Gasteiger partial charge in [-0.3, -0.25) is 9.59 Å². The lowest BCUT2D eigenvalue weighted by Gasteiger charge is -2.19. The molecule has 0 spiro atoms. The topological polar surface area (TPSA) is 75.6 Å². The number of fused-ring (bicyclic) bond motifs is 1. The molecule has 1 aliphatic heterocycles. The van der Waals surface area contributed by atoms with E-state index < -0.39 is 11.4 Å². The summed E-state index contributed by atoms with van der Waals surface area (Å²) in [6.07, 6.45) is 1.12. The summed E-state index contributed by atoms with van der Waals surface area (Å²) >= 11 is 0. The largest absolute Gasteiger partial charge is 0.493 e. The SMILES string of the molecule is CC(C)(CNC(=O)Cc1ccc2c(c1)CCO2)C(=O)O. The average Bonchev–Trinajstić information content (AvgIpc) is 2.83. The van der Waals surface area contributed by atoms with Crippen LogP contribution in [0, 0.1) is 5.41 Å². The van der Waals surface area contributed by atoms with E-state index in [1.54, 1.807) is 13.8 Å². The van der Waals surface area contributed by atoms with Crippen molar-refractivity contribution in [3.05, 3.63) is 29.3 Å². The van der Waals surface area contributed by atoms with Crippen LogP contribution < -0.4 is 10.1 Å².